The third-order valence-electron chi connectivity index (χ3n) is 1.75. The number of rotatable bonds is 1. The van der Waals surface area contributed by atoms with E-state index in [2.05, 4.69) is 17.6 Å². The first-order valence-electron chi connectivity index (χ1n) is 4.71. The zero-order valence-corrected chi connectivity index (χ0v) is 9.75. The van der Waals surface area contributed by atoms with Gasteiger partial charge in [0.05, 0.1) is 9.95 Å². The van der Waals surface area contributed by atoms with E-state index in [-0.39, 0.29) is 11.5 Å². The fourth-order valence-corrected chi connectivity index (χ4v) is 1.18. The highest BCUT2D eigenvalue weighted by Gasteiger charge is 2.10. The van der Waals surface area contributed by atoms with Gasteiger partial charge in [0.15, 0.2) is 0 Å². The molecule has 17 heavy (non-hydrogen) atoms. The summed E-state index contributed by atoms with van der Waals surface area (Å²) in [6.07, 6.45) is 0. The summed E-state index contributed by atoms with van der Waals surface area (Å²) < 4.78 is 0. The van der Waals surface area contributed by atoms with Crippen molar-refractivity contribution in [3.05, 3.63) is 58.6 Å². The molecule has 0 saturated carbocycles. The molecule has 0 bridgehead atoms. The third kappa shape index (κ3) is 4.52. The van der Waals surface area contributed by atoms with Crippen LogP contribution >= 0.6 is 12.6 Å². The van der Waals surface area contributed by atoms with Crippen molar-refractivity contribution in [3.8, 4) is 0 Å². The Bertz CT molecular complexity index is 465. The summed E-state index contributed by atoms with van der Waals surface area (Å²) in [5.41, 5.74) is 5.03. The van der Waals surface area contributed by atoms with Crippen LogP contribution in [0.4, 0.5) is 11.5 Å². The van der Waals surface area contributed by atoms with Crippen LogP contribution < -0.4 is 5.73 Å². The van der Waals surface area contributed by atoms with Gasteiger partial charge in [-0.2, -0.15) is 0 Å². The Morgan fingerprint density at radius 2 is 1.59 bits per heavy atom. The summed E-state index contributed by atoms with van der Waals surface area (Å²) in [6, 6.07) is 14.7. The molecule has 0 radical (unpaired) electrons. The highest BCUT2D eigenvalue weighted by atomic mass is 32.1. The van der Waals surface area contributed by atoms with Gasteiger partial charge in [-0.05, 0) is 6.07 Å². The molecule has 1 aromatic heterocycles. The molecule has 2 N–H and O–H groups in total. The Morgan fingerprint density at radius 1 is 1.12 bits per heavy atom. The van der Waals surface area contributed by atoms with Crippen molar-refractivity contribution in [2.24, 2.45) is 0 Å². The Balaban J connectivity index is 0.000000202. The summed E-state index contributed by atoms with van der Waals surface area (Å²) in [5.74, 6) is -0.109. The molecule has 6 heteroatoms. The molecule has 88 valence electrons. The lowest BCUT2D eigenvalue weighted by atomic mass is 10.4. The molecule has 0 atom stereocenters. The summed E-state index contributed by atoms with van der Waals surface area (Å²) in [4.78, 5) is 13.2. The topological polar surface area (TPSA) is 82.0 Å². The van der Waals surface area contributed by atoms with E-state index in [1.807, 2.05) is 36.4 Å². The number of benzene rings is 1. The van der Waals surface area contributed by atoms with Crippen LogP contribution in [-0.4, -0.2) is 9.91 Å². The predicted octanol–water partition coefficient (Wildman–Crippen LogP) is 2.55. The fraction of sp³-hybridized carbons (Fsp3) is 0. The van der Waals surface area contributed by atoms with Gasteiger partial charge < -0.3 is 5.73 Å². The van der Waals surface area contributed by atoms with Crippen LogP contribution in [0.5, 0.6) is 0 Å². The molecule has 0 saturated heterocycles. The Hall–Kier alpha value is -2.08. The number of thiol groups is 1. The third-order valence-corrected chi connectivity index (χ3v) is 2.00. The molecule has 0 aliphatic carbocycles. The first-order chi connectivity index (χ1) is 8.11. The van der Waals surface area contributed by atoms with Gasteiger partial charge in [-0.15, -0.1) is 12.6 Å². The minimum Gasteiger partial charge on any atom is -0.378 e. The van der Waals surface area contributed by atoms with Crippen molar-refractivity contribution in [1.82, 2.24) is 4.98 Å². The summed E-state index contributed by atoms with van der Waals surface area (Å²) in [7, 11) is 0. The zero-order valence-electron chi connectivity index (χ0n) is 8.85. The number of nitro groups is 1. The molecule has 0 aliphatic heterocycles. The number of anilines is 1. The number of nitrogens with zero attached hydrogens (tertiary/aromatic N) is 2. The van der Waals surface area contributed by atoms with Crippen molar-refractivity contribution in [2.75, 3.05) is 5.73 Å². The second kappa shape index (κ2) is 6.49. The van der Waals surface area contributed by atoms with Crippen LogP contribution in [0.15, 0.2) is 53.6 Å². The van der Waals surface area contributed by atoms with Gasteiger partial charge >= 0.3 is 5.69 Å². The molecule has 0 unspecified atom stereocenters. The van der Waals surface area contributed by atoms with Crippen molar-refractivity contribution in [2.45, 2.75) is 5.03 Å². The van der Waals surface area contributed by atoms with Crippen LogP contribution in [0.2, 0.25) is 0 Å². The highest BCUT2D eigenvalue weighted by molar-refractivity contribution is 7.80. The van der Waals surface area contributed by atoms with Crippen molar-refractivity contribution >= 4 is 24.1 Å². The maximum absolute atomic E-state index is 10.2. The van der Waals surface area contributed by atoms with E-state index < -0.39 is 4.92 Å². The minimum absolute atomic E-state index is 0.109. The number of aromatic nitrogens is 1. The van der Waals surface area contributed by atoms with E-state index in [1.54, 1.807) is 0 Å². The quantitative estimate of drug-likeness (QED) is 0.462. The summed E-state index contributed by atoms with van der Waals surface area (Å²) in [6.45, 7) is 0. The normalized spacial score (nSPS) is 9.00. The van der Waals surface area contributed by atoms with Gasteiger partial charge in [-0.25, -0.2) is 4.98 Å². The number of hydrogen-bond acceptors (Lipinski definition) is 5. The Morgan fingerprint density at radius 3 is 1.94 bits per heavy atom. The van der Waals surface area contributed by atoms with Crippen LogP contribution in [0.1, 0.15) is 0 Å². The average molecular weight is 249 g/mol. The van der Waals surface area contributed by atoms with Crippen molar-refractivity contribution in [1.29, 1.82) is 0 Å². The minimum atomic E-state index is -0.588. The van der Waals surface area contributed by atoms with E-state index in [0.717, 1.165) is 0 Å². The van der Waals surface area contributed by atoms with Crippen LogP contribution in [0.25, 0.3) is 0 Å². The molecular weight excluding hydrogens is 238 g/mol. The van der Waals surface area contributed by atoms with Gasteiger partial charge in [0.2, 0.25) is 5.82 Å². The molecule has 2 aromatic rings. The van der Waals surface area contributed by atoms with Crippen LogP contribution in [-0.2, 0) is 0 Å². The molecule has 0 fully saturated rings. The second-order valence-corrected chi connectivity index (χ2v) is 3.44. The predicted molar refractivity (Wildman–Crippen MR) is 69.0 cm³/mol. The Kier molecular flexibility index (Phi) is 4.96. The highest BCUT2D eigenvalue weighted by Crippen LogP contribution is 2.19. The maximum atomic E-state index is 10.2. The van der Waals surface area contributed by atoms with E-state index >= 15 is 0 Å². The van der Waals surface area contributed by atoms with Crippen molar-refractivity contribution < 1.29 is 4.92 Å². The first-order valence-corrected chi connectivity index (χ1v) is 5.16. The molecule has 2 rings (SSSR count). The van der Waals surface area contributed by atoms with Gasteiger partial charge in [0.25, 0.3) is 0 Å². The average Bonchev–Trinajstić information content (AvgIpc) is 2.31. The van der Waals surface area contributed by atoms with Crippen molar-refractivity contribution in [3.63, 3.8) is 0 Å². The lowest BCUT2D eigenvalue weighted by Crippen LogP contribution is -1.97. The molecule has 0 aliphatic rings. The number of hydrogen-bond donors (Lipinski definition) is 2. The van der Waals surface area contributed by atoms with Crippen LogP contribution in [0, 0.1) is 10.1 Å². The fourth-order valence-electron chi connectivity index (χ4n) is 0.996. The molecule has 1 heterocycles. The number of nitrogens with two attached hydrogens (primary N) is 1. The lowest BCUT2D eigenvalue weighted by molar-refractivity contribution is -0.384. The van der Waals surface area contributed by atoms with Gasteiger partial charge in [0, 0.05) is 6.07 Å². The largest absolute Gasteiger partial charge is 0.378 e. The summed E-state index contributed by atoms with van der Waals surface area (Å²) >= 11 is 3.86. The first kappa shape index (κ1) is 13.0. The monoisotopic (exact) mass is 249 g/mol. The van der Waals surface area contributed by atoms with Crippen LogP contribution in [0.3, 0.4) is 0 Å². The molecule has 0 spiro atoms. The Labute approximate surface area is 104 Å². The maximum Gasteiger partial charge on any atom is 0.311 e. The second-order valence-electron chi connectivity index (χ2n) is 2.99. The lowest BCUT2D eigenvalue weighted by Gasteiger charge is -1.95. The SMILES string of the molecule is Nc1nc(S)ccc1[N+](=O)[O-].c1ccccc1. The molecule has 1 aromatic carbocycles. The number of nitrogen functional groups attached to an aromatic ring is 1. The zero-order chi connectivity index (χ0) is 12.7. The summed E-state index contributed by atoms with van der Waals surface area (Å²) in [5, 5.41) is 10.6. The van der Waals surface area contributed by atoms with E-state index in [0.29, 0.717) is 5.03 Å². The molecule has 5 nitrogen and oxygen atoms in total. The van der Waals surface area contributed by atoms with Gasteiger partial charge in [-0.3, -0.25) is 10.1 Å². The molecular formula is C11H11N3O2S. The van der Waals surface area contributed by atoms with E-state index in [1.165, 1.54) is 12.1 Å². The standard InChI is InChI=1S/C6H6.C5H5N3O2S/c1-2-4-6-5-3-1;6-5-3(8(9)10)1-2-4(11)7-5/h1-6H;1-2H,(H3,6,7,11). The van der Waals surface area contributed by atoms with Gasteiger partial charge in [0.1, 0.15) is 0 Å². The van der Waals surface area contributed by atoms with E-state index in [4.69, 9.17) is 5.73 Å². The number of pyridine rings is 1. The molecule has 0 amide bonds. The smallest absolute Gasteiger partial charge is 0.311 e. The van der Waals surface area contributed by atoms with Gasteiger partial charge in [-0.1, -0.05) is 36.4 Å². The van der Waals surface area contributed by atoms with E-state index in [9.17, 15) is 10.1 Å².